The molecule has 1 aromatic carbocycles. The quantitative estimate of drug-likeness (QED) is 0.561. The molecular formula is C22H21BrO2Si. The maximum atomic E-state index is 5.78. The number of hydrogen-bond acceptors (Lipinski definition) is 2. The van der Waals surface area contributed by atoms with Crippen molar-refractivity contribution < 1.29 is 9.47 Å². The summed E-state index contributed by atoms with van der Waals surface area (Å²) in [6, 6.07) is 8.82. The van der Waals surface area contributed by atoms with Crippen LogP contribution in [0.5, 0.6) is 0 Å². The smallest absolute Gasteiger partial charge is 0.190 e. The molecule has 4 aliphatic rings. The van der Waals surface area contributed by atoms with Crippen LogP contribution in [0.2, 0.25) is 13.1 Å². The molecule has 5 rings (SSSR count). The summed E-state index contributed by atoms with van der Waals surface area (Å²) in [5.41, 5.74) is 7.34. The summed E-state index contributed by atoms with van der Waals surface area (Å²) in [4.78, 5) is 0. The van der Waals surface area contributed by atoms with E-state index in [4.69, 9.17) is 9.47 Å². The summed E-state index contributed by atoms with van der Waals surface area (Å²) in [7, 11) is -1.80. The van der Waals surface area contributed by atoms with E-state index < -0.39 is 8.07 Å². The van der Waals surface area contributed by atoms with Gasteiger partial charge in [0.05, 0.1) is 12.6 Å². The van der Waals surface area contributed by atoms with Crippen LogP contribution in [-0.4, -0.2) is 21.0 Å². The molecule has 1 heterocycles. The minimum atomic E-state index is -1.80. The molecule has 0 amide bonds. The maximum absolute atomic E-state index is 5.78. The number of allylic oxidation sites excluding steroid dienone is 7. The summed E-state index contributed by atoms with van der Waals surface area (Å²) >= 11 is 3.77. The van der Waals surface area contributed by atoms with Crippen LogP contribution in [0.15, 0.2) is 74.7 Å². The van der Waals surface area contributed by atoms with E-state index in [0.717, 1.165) is 10.2 Å². The van der Waals surface area contributed by atoms with E-state index in [1.807, 2.05) is 0 Å². The third kappa shape index (κ3) is 2.19. The number of benzene rings is 1. The molecule has 1 saturated heterocycles. The van der Waals surface area contributed by atoms with E-state index in [1.165, 1.54) is 27.8 Å². The Morgan fingerprint density at radius 3 is 2.81 bits per heavy atom. The highest BCUT2D eigenvalue weighted by Gasteiger charge is 2.44. The van der Waals surface area contributed by atoms with Crippen molar-refractivity contribution in [3.05, 3.63) is 85.8 Å². The Bertz CT molecular complexity index is 978. The molecule has 0 spiro atoms. The van der Waals surface area contributed by atoms with E-state index in [-0.39, 0.29) is 6.10 Å². The summed E-state index contributed by atoms with van der Waals surface area (Å²) in [5, 5.41) is 1.55. The van der Waals surface area contributed by atoms with E-state index in [9.17, 15) is 0 Å². The van der Waals surface area contributed by atoms with E-state index in [1.54, 1.807) is 5.20 Å². The van der Waals surface area contributed by atoms with Gasteiger partial charge in [-0.1, -0.05) is 61.2 Å². The standard InChI is InChI=1S/C22H21BrO2Si/c1-13-10-16-17(11-18-21(20(16)23)25-12-24-18)22(13)26(2,3)19-9-8-14-6-4-5-7-15(14)19/h4-11,18-19H,12H2,1-3H3. The number of rotatable bonds is 2. The van der Waals surface area contributed by atoms with Gasteiger partial charge in [-0.2, -0.15) is 0 Å². The minimum Gasteiger partial charge on any atom is -0.468 e. The molecule has 2 nitrogen and oxygen atoms in total. The number of ether oxygens (including phenoxy) is 2. The monoisotopic (exact) mass is 424 g/mol. The maximum Gasteiger partial charge on any atom is 0.190 e. The lowest BCUT2D eigenvalue weighted by molar-refractivity contribution is 0.0629. The molecule has 0 aromatic heterocycles. The van der Waals surface area contributed by atoms with Gasteiger partial charge < -0.3 is 9.47 Å². The fraction of sp³-hybridized carbons (Fsp3) is 0.273. The zero-order chi connectivity index (χ0) is 18.1. The molecular weight excluding hydrogens is 404 g/mol. The van der Waals surface area contributed by atoms with Crippen molar-refractivity contribution in [2.75, 3.05) is 6.79 Å². The van der Waals surface area contributed by atoms with E-state index in [0.29, 0.717) is 12.3 Å². The van der Waals surface area contributed by atoms with Gasteiger partial charge in [0.25, 0.3) is 0 Å². The second-order valence-electron chi connectivity index (χ2n) is 7.91. The van der Waals surface area contributed by atoms with Gasteiger partial charge in [-0.05, 0) is 56.4 Å². The van der Waals surface area contributed by atoms with Crippen molar-refractivity contribution in [3.63, 3.8) is 0 Å². The predicted octanol–water partition coefficient (Wildman–Crippen LogP) is 5.76. The van der Waals surface area contributed by atoms with E-state index >= 15 is 0 Å². The highest BCUT2D eigenvalue weighted by molar-refractivity contribution is 9.12. The lowest BCUT2D eigenvalue weighted by atomic mass is 10.00. The Balaban J connectivity index is 1.59. The SMILES string of the molecule is CC1=C([Si](C)(C)C2C=Cc3ccccc32)C2=CC3OCOC3=C(Br)C2=C1. The summed E-state index contributed by atoms with van der Waals surface area (Å²) in [5.74, 6) is 0.916. The second kappa shape index (κ2) is 5.68. The number of halogens is 1. The van der Waals surface area contributed by atoms with Gasteiger partial charge in [0.15, 0.2) is 6.79 Å². The normalized spacial score (nSPS) is 26.5. The second-order valence-corrected chi connectivity index (χ2v) is 13.3. The molecule has 2 unspecified atom stereocenters. The molecule has 3 aliphatic carbocycles. The van der Waals surface area contributed by atoms with Crippen molar-refractivity contribution in [2.45, 2.75) is 31.7 Å². The van der Waals surface area contributed by atoms with Crippen LogP contribution in [0.25, 0.3) is 6.08 Å². The summed E-state index contributed by atoms with van der Waals surface area (Å²) in [6.07, 6.45) is 9.24. The highest BCUT2D eigenvalue weighted by Crippen LogP contribution is 2.51. The van der Waals surface area contributed by atoms with Gasteiger partial charge >= 0.3 is 0 Å². The molecule has 0 bridgehead atoms. The lowest BCUT2D eigenvalue weighted by Crippen LogP contribution is -2.38. The predicted molar refractivity (Wildman–Crippen MR) is 111 cm³/mol. The Labute approximate surface area is 163 Å². The first-order valence-corrected chi connectivity index (χ1v) is 12.9. The molecule has 0 radical (unpaired) electrons. The third-order valence-electron chi connectivity index (χ3n) is 6.03. The Hall–Kier alpha value is -1.62. The first kappa shape index (κ1) is 16.5. The zero-order valence-corrected chi connectivity index (χ0v) is 17.8. The van der Waals surface area contributed by atoms with Gasteiger partial charge in [0, 0.05) is 5.54 Å². The van der Waals surface area contributed by atoms with Crippen molar-refractivity contribution in [1.82, 2.24) is 0 Å². The Kier molecular flexibility index (Phi) is 3.62. The first-order valence-electron chi connectivity index (χ1n) is 9.05. The third-order valence-corrected chi connectivity index (χ3v) is 10.9. The van der Waals surface area contributed by atoms with Crippen molar-refractivity contribution in [1.29, 1.82) is 0 Å². The van der Waals surface area contributed by atoms with Gasteiger partial charge in [0.2, 0.25) is 0 Å². The molecule has 1 aliphatic heterocycles. The van der Waals surface area contributed by atoms with Gasteiger partial charge in [-0.3, -0.25) is 0 Å². The van der Waals surface area contributed by atoms with Crippen LogP contribution in [-0.2, 0) is 9.47 Å². The molecule has 1 fully saturated rings. The van der Waals surface area contributed by atoms with Crippen molar-refractivity contribution in [2.24, 2.45) is 0 Å². The van der Waals surface area contributed by atoms with Crippen molar-refractivity contribution in [3.8, 4) is 0 Å². The first-order chi connectivity index (χ1) is 12.5. The molecule has 26 heavy (non-hydrogen) atoms. The Morgan fingerprint density at radius 1 is 1.15 bits per heavy atom. The minimum absolute atomic E-state index is 0.0615. The number of fused-ring (bicyclic) bond motifs is 3. The Morgan fingerprint density at radius 2 is 1.96 bits per heavy atom. The van der Waals surface area contributed by atoms with Gasteiger partial charge in [-0.15, -0.1) is 0 Å². The summed E-state index contributed by atoms with van der Waals surface area (Å²) < 4.78 is 12.5. The molecule has 4 heteroatoms. The highest BCUT2D eigenvalue weighted by atomic mass is 79.9. The fourth-order valence-corrected chi connectivity index (χ4v) is 9.48. The molecule has 1 aromatic rings. The largest absolute Gasteiger partial charge is 0.468 e. The molecule has 132 valence electrons. The van der Waals surface area contributed by atoms with Crippen LogP contribution >= 0.6 is 15.9 Å². The molecule has 0 saturated carbocycles. The molecule has 2 atom stereocenters. The fourth-order valence-electron chi connectivity index (χ4n) is 4.88. The van der Waals surface area contributed by atoms with E-state index in [2.05, 4.69) is 84.5 Å². The average molecular weight is 425 g/mol. The summed E-state index contributed by atoms with van der Waals surface area (Å²) in [6.45, 7) is 7.59. The van der Waals surface area contributed by atoms with Gasteiger partial charge in [0.1, 0.15) is 11.9 Å². The van der Waals surface area contributed by atoms with Crippen LogP contribution in [0.3, 0.4) is 0 Å². The van der Waals surface area contributed by atoms with Crippen LogP contribution < -0.4 is 0 Å². The van der Waals surface area contributed by atoms with Crippen LogP contribution in [0.1, 0.15) is 23.6 Å². The average Bonchev–Trinajstić information content (AvgIpc) is 3.31. The molecule has 0 N–H and O–H groups in total. The number of hydrogen-bond donors (Lipinski definition) is 0. The zero-order valence-electron chi connectivity index (χ0n) is 15.2. The van der Waals surface area contributed by atoms with Gasteiger partial charge in [-0.25, -0.2) is 0 Å². The van der Waals surface area contributed by atoms with Crippen LogP contribution in [0.4, 0.5) is 0 Å². The topological polar surface area (TPSA) is 18.5 Å². The van der Waals surface area contributed by atoms with Crippen LogP contribution in [0, 0.1) is 0 Å². The van der Waals surface area contributed by atoms with Crippen molar-refractivity contribution >= 4 is 30.1 Å². The lowest BCUT2D eigenvalue weighted by Gasteiger charge is -2.34.